The minimum atomic E-state index is -0.437. The first-order chi connectivity index (χ1) is 14.7. The molecule has 1 aliphatic heterocycles. The van der Waals surface area contributed by atoms with Crippen LogP contribution in [0.15, 0.2) is 50.2 Å². The molecule has 0 aromatic heterocycles. The van der Waals surface area contributed by atoms with Gasteiger partial charge in [0, 0.05) is 18.7 Å². The van der Waals surface area contributed by atoms with Crippen molar-refractivity contribution in [3.63, 3.8) is 0 Å². The maximum Gasteiger partial charge on any atom is 0.269 e. The van der Waals surface area contributed by atoms with Crippen LogP contribution in [0, 0.1) is 16.0 Å². The zero-order valence-electron chi connectivity index (χ0n) is 16.6. The number of benzene rings is 2. The van der Waals surface area contributed by atoms with Gasteiger partial charge in [0.05, 0.1) is 18.8 Å². The van der Waals surface area contributed by atoms with Crippen LogP contribution >= 0.6 is 55.8 Å². The SMILES string of the molecule is CC(C)CN1C(=O)/C(=C/c2cc(Br)c(OCc3ccc([N+](=O)[O-])cc3)c(Br)c2)SC1=S. The van der Waals surface area contributed by atoms with E-state index in [0.29, 0.717) is 36.4 Å². The third-order valence-electron chi connectivity index (χ3n) is 4.27. The quantitative estimate of drug-likeness (QED) is 0.159. The number of nitro benzene ring substituents is 1. The predicted octanol–water partition coefficient (Wildman–Crippen LogP) is 6.56. The van der Waals surface area contributed by atoms with Crippen LogP contribution in [-0.2, 0) is 11.4 Å². The molecule has 10 heteroatoms. The van der Waals surface area contributed by atoms with Crippen LogP contribution in [0.4, 0.5) is 5.69 Å². The monoisotopic (exact) mass is 584 g/mol. The lowest BCUT2D eigenvalue weighted by Crippen LogP contribution is -2.31. The summed E-state index contributed by atoms with van der Waals surface area (Å²) >= 11 is 13.7. The highest BCUT2D eigenvalue weighted by molar-refractivity contribution is 9.11. The van der Waals surface area contributed by atoms with Crippen molar-refractivity contribution in [2.45, 2.75) is 20.5 Å². The molecule has 1 amide bonds. The summed E-state index contributed by atoms with van der Waals surface area (Å²) in [7, 11) is 0. The van der Waals surface area contributed by atoms with E-state index in [1.807, 2.05) is 32.1 Å². The number of carbonyl (C=O) groups is 1. The van der Waals surface area contributed by atoms with Gasteiger partial charge in [-0.3, -0.25) is 19.8 Å². The third-order valence-corrected chi connectivity index (χ3v) is 6.83. The topological polar surface area (TPSA) is 72.7 Å². The Morgan fingerprint density at radius 2 is 1.84 bits per heavy atom. The number of ether oxygens (including phenoxy) is 1. The number of hydrogen-bond donors (Lipinski definition) is 0. The van der Waals surface area contributed by atoms with Crippen molar-refractivity contribution in [2.75, 3.05) is 6.54 Å². The number of halogens is 2. The van der Waals surface area contributed by atoms with Gasteiger partial charge in [0.15, 0.2) is 0 Å². The molecular formula is C21H18Br2N2O4S2. The average Bonchev–Trinajstić information content (AvgIpc) is 2.94. The van der Waals surface area contributed by atoms with Gasteiger partial charge in [-0.25, -0.2) is 0 Å². The fraction of sp³-hybridized carbons (Fsp3) is 0.238. The normalized spacial score (nSPS) is 15.3. The van der Waals surface area contributed by atoms with Gasteiger partial charge < -0.3 is 4.74 Å². The number of nitro groups is 1. The Balaban J connectivity index is 1.74. The average molecular weight is 586 g/mol. The zero-order valence-corrected chi connectivity index (χ0v) is 21.4. The van der Waals surface area contributed by atoms with E-state index < -0.39 is 4.92 Å². The van der Waals surface area contributed by atoms with Crippen LogP contribution in [-0.4, -0.2) is 26.6 Å². The Hall–Kier alpha value is -1.75. The zero-order chi connectivity index (χ0) is 22.7. The second-order valence-corrected chi connectivity index (χ2v) is 10.6. The maximum absolute atomic E-state index is 12.7. The second kappa shape index (κ2) is 10.2. The molecule has 0 atom stereocenters. The molecule has 0 N–H and O–H groups in total. The summed E-state index contributed by atoms with van der Waals surface area (Å²) in [5, 5.41) is 10.8. The maximum atomic E-state index is 12.7. The molecule has 31 heavy (non-hydrogen) atoms. The van der Waals surface area contributed by atoms with Crippen molar-refractivity contribution in [1.29, 1.82) is 0 Å². The van der Waals surface area contributed by atoms with E-state index in [2.05, 4.69) is 31.9 Å². The fourth-order valence-electron chi connectivity index (χ4n) is 2.84. The smallest absolute Gasteiger partial charge is 0.269 e. The van der Waals surface area contributed by atoms with Crippen molar-refractivity contribution in [3.8, 4) is 5.75 Å². The Labute approximate surface area is 206 Å². The number of rotatable bonds is 7. The number of non-ortho nitro benzene ring substituents is 1. The van der Waals surface area contributed by atoms with Crippen LogP contribution in [0.25, 0.3) is 6.08 Å². The van der Waals surface area contributed by atoms with Crippen molar-refractivity contribution in [3.05, 3.63) is 71.5 Å². The summed E-state index contributed by atoms with van der Waals surface area (Å²) in [6.07, 6.45) is 1.81. The lowest BCUT2D eigenvalue weighted by molar-refractivity contribution is -0.384. The van der Waals surface area contributed by atoms with Gasteiger partial charge in [0.1, 0.15) is 16.7 Å². The summed E-state index contributed by atoms with van der Waals surface area (Å²) in [4.78, 5) is 25.2. The van der Waals surface area contributed by atoms with Gasteiger partial charge >= 0.3 is 0 Å². The Bertz CT molecular complexity index is 1050. The summed E-state index contributed by atoms with van der Waals surface area (Å²) < 4.78 is 7.90. The third kappa shape index (κ3) is 5.94. The summed E-state index contributed by atoms with van der Waals surface area (Å²) in [5.41, 5.74) is 1.67. The molecule has 2 aromatic rings. The van der Waals surface area contributed by atoms with Crippen molar-refractivity contribution in [2.24, 2.45) is 5.92 Å². The van der Waals surface area contributed by atoms with Gasteiger partial charge in [-0.1, -0.05) is 37.8 Å². The number of amides is 1. The second-order valence-electron chi connectivity index (χ2n) is 7.21. The Morgan fingerprint density at radius 1 is 1.23 bits per heavy atom. The highest BCUT2D eigenvalue weighted by atomic mass is 79.9. The minimum Gasteiger partial charge on any atom is -0.487 e. The van der Waals surface area contributed by atoms with E-state index in [1.165, 1.54) is 23.9 Å². The molecule has 0 unspecified atom stereocenters. The van der Waals surface area contributed by atoms with E-state index in [-0.39, 0.29) is 18.2 Å². The van der Waals surface area contributed by atoms with Gasteiger partial charge in [-0.2, -0.15) is 0 Å². The first-order valence-corrected chi connectivity index (χ1v) is 12.1. The van der Waals surface area contributed by atoms with Crippen LogP contribution in [0.5, 0.6) is 5.75 Å². The first kappa shape index (κ1) is 23.9. The molecule has 1 heterocycles. The fourth-order valence-corrected chi connectivity index (χ4v) is 5.57. The molecule has 6 nitrogen and oxygen atoms in total. The number of thioether (sulfide) groups is 1. The number of hydrogen-bond acceptors (Lipinski definition) is 6. The van der Waals surface area contributed by atoms with Crippen LogP contribution in [0.3, 0.4) is 0 Å². The predicted molar refractivity (Wildman–Crippen MR) is 134 cm³/mol. The molecule has 0 bridgehead atoms. The number of nitrogens with zero attached hydrogens (tertiary/aromatic N) is 2. The lowest BCUT2D eigenvalue weighted by atomic mass is 10.2. The molecule has 162 valence electrons. The van der Waals surface area contributed by atoms with Crippen molar-refractivity contribution >= 4 is 77.8 Å². The molecule has 0 aliphatic carbocycles. The van der Waals surface area contributed by atoms with E-state index >= 15 is 0 Å². The summed E-state index contributed by atoms with van der Waals surface area (Å²) in [6.45, 7) is 4.95. The van der Waals surface area contributed by atoms with E-state index in [9.17, 15) is 14.9 Å². The molecule has 0 spiro atoms. The molecule has 2 aromatic carbocycles. The van der Waals surface area contributed by atoms with E-state index in [4.69, 9.17) is 17.0 Å². The van der Waals surface area contributed by atoms with Gasteiger partial charge in [-0.15, -0.1) is 0 Å². The highest BCUT2D eigenvalue weighted by Crippen LogP contribution is 2.38. The van der Waals surface area contributed by atoms with E-state index in [0.717, 1.165) is 11.1 Å². The van der Waals surface area contributed by atoms with Crippen molar-refractivity contribution in [1.82, 2.24) is 4.90 Å². The molecule has 0 saturated carbocycles. The number of thiocarbonyl (C=S) groups is 1. The standard InChI is InChI=1S/C21H18Br2N2O4S2/c1-12(2)10-24-20(26)18(31-21(24)30)9-14-7-16(22)19(17(23)8-14)29-11-13-3-5-15(6-4-13)25(27)28/h3-9,12H,10-11H2,1-2H3/b18-9-. The first-order valence-electron chi connectivity index (χ1n) is 9.26. The largest absolute Gasteiger partial charge is 0.487 e. The Morgan fingerprint density at radius 3 is 2.39 bits per heavy atom. The van der Waals surface area contributed by atoms with Gasteiger partial charge in [-0.05, 0) is 79.2 Å². The molecule has 1 fully saturated rings. The van der Waals surface area contributed by atoms with E-state index in [1.54, 1.807) is 17.0 Å². The molecule has 3 rings (SSSR count). The lowest BCUT2D eigenvalue weighted by Gasteiger charge is -2.16. The minimum absolute atomic E-state index is 0.0364. The molecular weight excluding hydrogens is 568 g/mol. The van der Waals surface area contributed by atoms with Crippen LogP contribution in [0.2, 0.25) is 0 Å². The van der Waals surface area contributed by atoms with Gasteiger partial charge in [0.2, 0.25) is 0 Å². The molecule has 1 saturated heterocycles. The molecule has 0 radical (unpaired) electrons. The molecule has 1 aliphatic rings. The van der Waals surface area contributed by atoms with Gasteiger partial charge in [0.25, 0.3) is 11.6 Å². The Kier molecular flexibility index (Phi) is 7.90. The number of carbonyl (C=O) groups excluding carboxylic acids is 1. The van der Waals surface area contributed by atoms with Crippen LogP contribution in [0.1, 0.15) is 25.0 Å². The highest BCUT2D eigenvalue weighted by Gasteiger charge is 2.32. The van der Waals surface area contributed by atoms with Crippen LogP contribution < -0.4 is 4.74 Å². The van der Waals surface area contributed by atoms with Crippen molar-refractivity contribution < 1.29 is 14.5 Å². The summed E-state index contributed by atoms with van der Waals surface area (Å²) in [6, 6.07) is 9.94. The summed E-state index contributed by atoms with van der Waals surface area (Å²) in [5.74, 6) is 0.856.